The second kappa shape index (κ2) is 11.5. The molecule has 2 aromatic carbocycles. The van der Waals surface area contributed by atoms with Crippen molar-refractivity contribution in [2.75, 3.05) is 26.2 Å². The van der Waals surface area contributed by atoms with Crippen LogP contribution >= 0.6 is 0 Å². The van der Waals surface area contributed by atoms with E-state index in [9.17, 15) is 4.79 Å². The van der Waals surface area contributed by atoms with Crippen molar-refractivity contribution in [2.24, 2.45) is 0 Å². The summed E-state index contributed by atoms with van der Waals surface area (Å²) >= 11 is 0. The van der Waals surface area contributed by atoms with E-state index in [2.05, 4.69) is 94.3 Å². The van der Waals surface area contributed by atoms with Crippen molar-refractivity contribution < 1.29 is 9.22 Å². The third-order valence-corrected chi connectivity index (χ3v) is 12.4. The minimum Gasteiger partial charge on any atom is -0.543 e. The first-order valence-corrected chi connectivity index (χ1v) is 16.5. The Morgan fingerprint density at radius 3 is 2.31 bits per heavy atom. The predicted molar refractivity (Wildman–Crippen MR) is 153 cm³/mol. The lowest BCUT2D eigenvalue weighted by Gasteiger charge is -2.43. The maximum absolute atomic E-state index is 12.9. The van der Waals surface area contributed by atoms with Crippen molar-refractivity contribution >= 4 is 14.2 Å². The van der Waals surface area contributed by atoms with E-state index < -0.39 is 8.32 Å². The topological polar surface area (TPSA) is 44.8 Å². The van der Waals surface area contributed by atoms with Crippen molar-refractivity contribution in [3.05, 3.63) is 65.2 Å². The first kappa shape index (κ1) is 28.4. The van der Waals surface area contributed by atoms with Crippen LogP contribution in [0.1, 0.15) is 76.0 Å². The standard InChI is InChI=1S/C30H47N3O2Si/c1-10-32(11-2)29(34)25-17-15-24(16-18-25)28(33-21-22(3)31-20-23(33)4)26-13-12-14-27(19-26)35-36(8,9)30(5,6)7/h12-19,22-23,28,31H,10-11,20-21H2,1-9H3. The molecule has 1 saturated heterocycles. The fraction of sp³-hybridized carbons (Fsp3) is 0.567. The monoisotopic (exact) mass is 509 g/mol. The maximum Gasteiger partial charge on any atom is 0.253 e. The van der Waals surface area contributed by atoms with Crippen LogP contribution in [0, 0.1) is 0 Å². The van der Waals surface area contributed by atoms with Gasteiger partial charge in [-0.2, -0.15) is 0 Å². The summed E-state index contributed by atoms with van der Waals surface area (Å²) in [6.07, 6.45) is 0. The third-order valence-electron chi connectivity index (χ3n) is 8.02. The molecule has 0 aromatic heterocycles. The number of benzene rings is 2. The summed E-state index contributed by atoms with van der Waals surface area (Å²) in [5, 5.41) is 3.75. The largest absolute Gasteiger partial charge is 0.543 e. The van der Waals surface area contributed by atoms with E-state index in [1.165, 1.54) is 11.1 Å². The molecular formula is C30H47N3O2Si. The zero-order valence-corrected chi connectivity index (χ0v) is 24.9. The molecule has 6 heteroatoms. The van der Waals surface area contributed by atoms with Gasteiger partial charge < -0.3 is 14.6 Å². The molecular weight excluding hydrogens is 462 g/mol. The van der Waals surface area contributed by atoms with Crippen LogP contribution in [-0.4, -0.2) is 62.3 Å². The highest BCUT2D eigenvalue weighted by molar-refractivity contribution is 6.74. The van der Waals surface area contributed by atoms with Gasteiger partial charge in [-0.1, -0.05) is 45.0 Å². The van der Waals surface area contributed by atoms with Crippen molar-refractivity contribution in [3.8, 4) is 5.75 Å². The Hall–Kier alpha value is -2.15. The number of hydrogen-bond acceptors (Lipinski definition) is 4. The SMILES string of the molecule is CCN(CC)C(=O)c1ccc(C(c2cccc(O[Si](C)(C)C(C)(C)C)c2)N2CC(C)NCC2C)cc1. The van der Waals surface area contributed by atoms with E-state index in [4.69, 9.17) is 4.43 Å². The van der Waals surface area contributed by atoms with Gasteiger partial charge >= 0.3 is 0 Å². The Morgan fingerprint density at radius 2 is 1.72 bits per heavy atom. The molecule has 0 radical (unpaired) electrons. The average molecular weight is 510 g/mol. The van der Waals surface area contributed by atoms with Gasteiger partial charge in [0.25, 0.3) is 5.91 Å². The van der Waals surface area contributed by atoms with Crippen molar-refractivity contribution in [3.63, 3.8) is 0 Å². The first-order chi connectivity index (χ1) is 16.9. The molecule has 1 heterocycles. The van der Waals surface area contributed by atoms with Crippen molar-refractivity contribution in [1.82, 2.24) is 15.1 Å². The van der Waals surface area contributed by atoms with Gasteiger partial charge in [-0.25, -0.2) is 0 Å². The lowest BCUT2D eigenvalue weighted by Crippen LogP contribution is -2.55. The molecule has 2 aromatic rings. The highest BCUT2D eigenvalue weighted by Gasteiger charge is 2.39. The van der Waals surface area contributed by atoms with E-state index in [-0.39, 0.29) is 17.0 Å². The Kier molecular flexibility index (Phi) is 9.07. The molecule has 0 spiro atoms. The van der Waals surface area contributed by atoms with Crippen LogP contribution in [0.5, 0.6) is 5.75 Å². The molecule has 1 aliphatic heterocycles. The molecule has 1 N–H and O–H groups in total. The highest BCUT2D eigenvalue weighted by Crippen LogP contribution is 2.39. The molecule has 3 atom stereocenters. The van der Waals surface area contributed by atoms with Gasteiger partial charge in [0.15, 0.2) is 0 Å². The highest BCUT2D eigenvalue weighted by atomic mass is 28.4. The summed E-state index contributed by atoms with van der Waals surface area (Å²) < 4.78 is 6.69. The Bertz CT molecular complexity index is 1010. The summed E-state index contributed by atoms with van der Waals surface area (Å²) in [5.41, 5.74) is 3.18. The van der Waals surface area contributed by atoms with Gasteiger partial charge in [0.1, 0.15) is 5.75 Å². The molecule has 1 amide bonds. The molecule has 3 unspecified atom stereocenters. The van der Waals surface area contributed by atoms with Crippen LogP contribution in [0.4, 0.5) is 0 Å². The first-order valence-electron chi connectivity index (χ1n) is 13.5. The van der Waals surface area contributed by atoms with E-state index >= 15 is 0 Å². The maximum atomic E-state index is 12.9. The van der Waals surface area contributed by atoms with Crippen LogP contribution in [0.2, 0.25) is 18.1 Å². The number of hydrogen-bond donors (Lipinski definition) is 1. The van der Waals surface area contributed by atoms with Gasteiger partial charge in [-0.3, -0.25) is 9.69 Å². The van der Waals surface area contributed by atoms with E-state index in [1.807, 2.05) is 30.9 Å². The second-order valence-corrected chi connectivity index (χ2v) is 16.5. The minimum atomic E-state index is -1.95. The summed E-state index contributed by atoms with van der Waals surface area (Å²) in [6, 6.07) is 17.8. The van der Waals surface area contributed by atoms with Crippen LogP contribution in [0.25, 0.3) is 0 Å². The quantitative estimate of drug-likeness (QED) is 0.423. The van der Waals surface area contributed by atoms with Gasteiger partial charge in [-0.15, -0.1) is 0 Å². The van der Waals surface area contributed by atoms with E-state index in [1.54, 1.807) is 0 Å². The van der Waals surface area contributed by atoms with Crippen molar-refractivity contribution in [1.29, 1.82) is 0 Å². The lowest BCUT2D eigenvalue weighted by molar-refractivity contribution is 0.0773. The minimum absolute atomic E-state index is 0.0881. The number of nitrogens with one attached hydrogen (secondary N) is 1. The number of carbonyl (C=O) groups excluding carboxylic acids is 1. The Morgan fingerprint density at radius 1 is 1.08 bits per heavy atom. The smallest absolute Gasteiger partial charge is 0.253 e. The van der Waals surface area contributed by atoms with Crippen LogP contribution < -0.4 is 9.74 Å². The van der Waals surface area contributed by atoms with Crippen LogP contribution in [0.3, 0.4) is 0 Å². The van der Waals surface area contributed by atoms with Gasteiger partial charge in [0, 0.05) is 43.8 Å². The van der Waals surface area contributed by atoms with Gasteiger partial charge in [0.05, 0.1) is 6.04 Å². The van der Waals surface area contributed by atoms with Crippen LogP contribution in [0.15, 0.2) is 48.5 Å². The zero-order valence-electron chi connectivity index (χ0n) is 23.9. The molecule has 3 rings (SSSR count). The number of amides is 1. The lowest BCUT2D eigenvalue weighted by atomic mass is 9.93. The Labute approximate surface area is 220 Å². The fourth-order valence-electron chi connectivity index (χ4n) is 4.68. The molecule has 1 aliphatic rings. The van der Waals surface area contributed by atoms with Crippen LogP contribution in [-0.2, 0) is 0 Å². The van der Waals surface area contributed by atoms with Crippen molar-refractivity contribution in [2.45, 2.75) is 84.7 Å². The molecule has 198 valence electrons. The summed E-state index contributed by atoms with van der Waals surface area (Å²) in [5.74, 6) is 1.05. The molecule has 0 bridgehead atoms. The summed E-state index contributed by atoms with van der Waals surface area (Å²) in [4.78, 5) is 17.4. The average Bonchev–Trinajstić information content (AvgIpc) is 2.82. The number of piperazine rings is 1. The fourth-order valence-corrected chi connectivity index (χ4v) is 5.70. The molecule has 5 nitrogen and oxygen atoms in total. The zero-order chi connectivity index (χ0) is 26.7. The summed E-state index contributed by atoms with van der Waals surface area (Å²) in [7, 11) is -1.95. The number of rotatable bonds is 8. The van der Waals surface area contributed by atoms with E-state index in [0.717, 1.165) is 37.5 Å². The van der Waals surface area contributed by atoms with Gasteiger partial charge in [0.2, 0.25) is 8.32 Å². The van der Waals surface area contributed by atoms with Gasteiger partial charge in [-0.05, 0) is 81.2 Å². The van der Waals surface area contributed by atoms with E-state index in [0.29, 0.717) is 12.1 Å². The molecule has 0 aliphatic carbocycles. The molecule has 1 fully saturated rings. The molecule has 36 heavy (non-hydrogen) atoms. The third kappa shape index (κ3) is 6.39. The second-order valence-electron chi connectivity index (χ2n) is 11.8. The predicted octanol–water partition coefficient (Wildman–Crippen LogP) is 6.32. The normalized spacial score (nSPS) is 20.1. The number of nitrogens with zero attached hydrogens (tertiary/aromatic N) is 2. The molecule has 0 saturated carbocycles. The summed E-state index contributed by atoms with van der Waals surface area (Å²) in [6.45, 7) is 23.4. The Balaban J connectivity index is 2.01. The number of carbonyl (C=O) groups is 1.